The van der Waals surface area contributed by atoms with Crippen molar-refractivity contribution in [1.29, 1.82) is 0 Å². The SMILES string of the molecule is C/C=C1\COC(=O)/C(=C/C)COC(=O)/C(=C/C)COC1=O. The second-order valence-electron chi connectivity index (χ2n) is 4.17. The molecule has 0 aromatic carbocycles. The Labute approximate surface area is 123 Å². The largest absolute Gasteiger partial charge is 0.457 e. The number of rotatable bonds is 0. The van der Waals surface area contributed by atoms with E-state index in [1.54, 1.807) is 20.8 Å². The van der Waals surface area contributed by atoms with Crippen LogP contribution in [0.15, 0.2) is 34.9 Å². The normalized spacial score (nSPS) is 24.1. The van der Waals surface area contributed by atoms with E-state index in [2.05, 4.69) is 0 Å². The Hall–Kier alpha value is -2.37. The number of esters is 3. The molecular weight excluding hydrogens is 276 g/mol. The summed E-state index contributed by atoms with van der Waals surface area (Å²) in [5.41, 5.74) is 0.634. The van der Waals surface area contributed by atoms with E-state index in [1.165, 1.54) is 18.2 Å². The van der Waals surface area contributed by atoms with Gasteiger partial charge in [-0.1, -0.05) is 18.2 Å². The van der Waals surface area contributed by atoms with Crippen LogP contribution in [-0.4, -0.2) is 37.7 Å². The molecule has 1 rings (SSSR count). The van der Waals surface area contributed by atoms with Crippen molar-refractivity contribution in [3.8, 4) is 0 Å². The predicted molar refractivity (Wildman–Crippen MR) is 74.1 cm³/mol. The highest BCUT2D eigenvalue weighted by atomic mass is 16.6. The molecule has 0 saturated carbocycles. The second-order valence-corrected chi connectivity index (χ2v) is 4.17. The standard InChI is InChI=1S/C15H18O6/c1-4-10-7-19-14(17)12(6-3)9-21-15(18)11(5-2)8-20-13(10)16/h4-6H,7-9H2,1-3H3/b10-4+,11-5+,12-6+. The molecule has 0 aromatic rings. The first kappa shape index (κ1) is 16.7. The number of hydrogen-bond acceptors (Lipinski definition) is 6. The minimum absolute atomic E-state index is 0.190. The Morgan fingerprint density at radius 3 is 1.05 bits per heavy atom. The number of carbonyl (C=O) groups is 3. The summed E-state index contributed by atoms with van der Waals surface area (Å²) < 4.78 is 15.0. The molecule has 1 heterocycles. The van der Waals surface area contributed by atoms with Crippen molar-refractivity contribution in [3.05, 3.63) is 34.9 Å². The maximum Gasteiger partial charge on any atom is 0.337 e. The van der Waals surface area contributed by atoms with Crippen LogP contribution in [-0.2, 0) is 28.6 Å². The summed E-state index contributed by atoms with van der Waals surface area (Å²) in [6, 6.07) is 0. The van der Waals surface area contributed by atoms with E-state index in [9.17, 15) is 14.4 Å². The average Bonchev–Trinajstić information content (AvgIpc) is 2.48. The van der Waals surface area contributed by atoms with Crippen molar-refractivity contribution >= 4 is 17.9 Å². The zero-order chi connectivity index (χ0) is 15.8. The van der Waals surface area contributed by atoms with E-state index in [1.807, 2.05) is 0 Å². The number of allylic oxidation sites excluding steroid dienone is 3. The summed E-state index contributed by atoms with van der Waals surface area (Å²) in [5, 5.41) is 0. The Bertz CT molecular complexity index is 448. The fourth-order valence-electron chi connectivity index (χ4n) is 1.49. The molecule has 1 saturated heterocycles. The summed E-state index contributed by atoms with van der Waals surface area (Å²) in [6.45, 7) is 4.34. The first-order valence-electron chi connectivity index (χ1n) is 6.50. The lowest BCUT2D eigenvalue weighted by atomic mass is 10.2. The minimum Gasteiger partial charge on any atom is -0.457 e. The molecule has 114 valence electrons. The third-order valence-electron chi connectivity index (χ3n) is 2.91. The van der Waals surface area contributed by atoms with E-state index in [0.717, 1.165) is 0 Å². The monoisotopic (exact) mass is 294 g/mol. The van der Waals surface area contributed by atoms with Gasteiger partial charge in [-0.05, 0) is 20.8 Å². The fraction of sp³-hybridized carbons (Fsp3) is 0.400. The fourth-order valence-corrected chi connectivity index (χ4v) is 1.49. The smallest absolute Gasteiger partial charge is 0.337 e. The van der Waals surface area contributed by atoms with E-state index in [0.29, 0.717) is 0 Å². The number of cyclic esters (lactones) is 3. The van der Waals surface area contributed by atoms with Gasteiger partial charge in [-0.2, -0.15) is 0 Å². The van der Waals surface area contributed by atoms with E-state index < -0.39 is 17.9 Å². The first-order valence-corrected chi connectivity index (χ1v) is 6.50. The van der Waals surface area contributed by atoms with Crippen molar-refractivity contribution in [2.24, 2.45) is 0 Å². The van der Waals surface area contributed by atoms with Crippen LogP contribution in [0, 0.1) is 0 Å². The van der Waals surface area contributed by atoms with Gasteiger partial charge in [-0.15, -0.1) is 0 Å². The molecule has 21 heavy (non-hydrogen) atoms. The van der Waals surface area contributed by atoms with Crippen molar-refractivity contribution in [1.82, 2.24) is 0 Å². The molecular formula is C15H18O6. The topological polar surface area (TPSA) is 78.9 Å². The zero-order valence-electron chi connectivity index (χ0n) is 12.3. The average molecular weight is 294 g/mol. The molecule has 0 bridgehead atoms. The molecule has 1 fully saturated rings. The predicted octanol–water partition coefficient (Wildman–Crippen LogP) is 1.47. The van der Waals surface area contributed by atoms with Crippen LogP contribution >= 0.6 is 0 Å². The van der Waals surface area contributed by atoms with Gasteiger partial charge in [-0.25, -0.2) is 14.4 Å². The van der Waals surface area contributed by atoms with Crippen molar-refractivity contribution in [2.75, 3.05) is 19.8 Å². The van der Waals surface area contributed by atoms with Gasteiger partial charge in [0.25, 0.3) is 0 Å². The van der Waals surface area contributed by atoms with Gasteiger partial charge >= 0.3 is 17.9 Å². The van der Waals surface area contributed by atoms with Crippen LogP contribution in [0.25, 0.3) is 0 Å². The molecule has 6 heteroatoms. The summed E-state index contributed by atoms with van der Waals surface area (Å²) in [6.07, 6.45) is 4.51. The van der Waals surface area contributed by atoms with Gasteiger partial charge < -0.3 is 14.2 Å². The molecule has 0 atom stereocenters. The number of ether oxygens (including phenoxy) is 3. The van der Waals surface area contributed by atoms with Crippen LogP contribution in [0.4, 0.5) is 0 Å². The Morgan fingerprint density at radius 1 is 0.619 bits per heavy atom. The molecule has 0 N–H and O–H groups in total. The molecule has 6 nitrogen and oxygen atoms in total. The Kier molecular flexibility index (Phi) is 6.39. The molecule has 0 amide bonds. The number of carbonyl (C=O) groups excluding carboxylic acids is 3. The van der Waals surface area contributed by atoms with Crippen LogP contribution < -0.4 is 0 Å². The first-order chi connectivity index (χ1) is 10.0. The highest BCUT2D eigenvalue weighted by Crippen LogP contribution is 2.09. The molecule has 1 aliphatic rings. The second kappa shape index (κ2) is 8.04. The molecule has 0 spiro atoms. The highest BCUT2D eigenvalue weighted by Gasteiger charge is 2.21. The van der Waals surface area contributed by atoms with Crippen molar-refractivity contribution < 1.29 is 28.6 Å². The molecule has 0 radical (unpaired) electrons. The van der Waals surface area contributed by atoms with Crippen LogP contribution in [0.5, 0.6) is 0 Å². The highest BCUT2D eigenvalue weighted by molar-refractivity contribution is 5.94. The van der Waals surface area contributed by atoms with E-state index >= 15 is 0 Å². The molecule has 0 aliphatic carbocycles. The quantitative estimate of drug-likeness (QED) is 0.382. The third kappa shape index (κ3) is 4.59. The lowest BCUT2D eigenvalue weighted by Gasteiger charge is -2.14. The molecule has 1 aliphatic heterocycles. The summed E-state index contributed by atoms with van der Waals surface area (Å²) in [7, 11) is 0. The Morgan fingerprint density at radius 2 is 0.857 bits per heavy atom. The minimum atomic E-state index is -0.639. The van der Waals surface area contributed by atoms with Crippen LogP contribution in [0.1, 0.15) is 20.8 Å². The van der Waals surface area contributed by atoms with E-state index in [-0.39, 0.29) is 36.5 Å². The van der Waals surface area contributed by atoms with Crippen molar-refractivity contribution in [3.63, 3.8) is 0 Å². The van der Waals surface area contributed by atoms with Gasteiger partial charge in [-0.3, -0.25) is 0 Å². The molecule has 0 unspecified atom stereocenters. The summed E-state index contributed by atoms with van der Waals surface area (Å²) in [4.78, 5) is 35.4. The van der Waals surface area contributed by atoms with Gasteiger partial charge in [0.1, 0.15) is 19.8 Å². The summed E-state index contributed by atoms with van der Waals surface area (Å²) >= 11 is 0. The zero-order valence-corrected chi connectivity index (χ0v) is 12.3. The summed E-state index contributed by atoms with van der Waals surface area (Å²) in [5.74, 6) is -1.92. The maximum atomic E-state index is 11.8. The lowest BCUT2D eigenvalue weighted by molar-refractivity contribution is -0.145. The van der Waals surface area contributed by atoms with Crippen LogP contribution in [0.2, 0.25) is 0 Å². The van der Waals surface area contributed by atoms with Crippen molar-refractivity contribution in [2.45, 2.75) is 20.8 Å². The molecule has 0 aromatic heterocycles. The van der Waals surface area contributed by atoms with E-state index in [4.69, 9.17) is 14.2 Å². The van der Waals surface area contributed by atoms with Gasteiger partial charge in [0.2, 0.25) is 0 Å². The lowest BCUT2D eigenvalue weighted by Crippen LogP contribution is -2.23. The van der Waals surface area contributed by atoms with Gasteiger partial charge in [0.05, 0.1) is 16.7 Å². The van der Waals surface area contributed by atoms with Gasteiger partial charge in [0, 0.05) is 0 Å². The number of hydrogen-bond donors (Lipinski definition) is 0. The van der Waals surface area contributed by atoms with Crippen LogP contribution in [0.3, 0.4) is 0 Å². The maximum absolute atomic E-state index is 11.8. The third-order valence-corrected chi connectivity index (χ3v) is 2.91. The Balaban J connectivity index is 3.01. The van der Waals surface area contributed by atoms with Gasteiger partial charge in [0.15, 0.2) is 0 Å².